The van der Waals surface area contributed by atoms with Crippen LogP contribution >= 0.6 is 11.6 Å². The van der Waals surface area contributed by atoms with E-state index in [0.717, 1.165) is 18.4 Å². The number of hydrogen-bond donors (Lipinski definition) is 1. The lowest BCUT2D eigenvalue weighted by Gasteiger charge is -2.23. The van der Waals surface area contributed by atoms with Crippen LogP contribution in [0.2, 0.25) is 5.15 Å². The number of aromatic nitrogens is 2. The van der Waals surface area contributed by atoms with E-state index in [9.17, 15) is 14.4 Å². The van der Waals surface area contributed by atoms with Gasteiger partial charge in [-0.3, -0.25) is 14.6 Å². The zero-order valence-corrected chi connectivity index (χ0v) is 20.9. The molecule has 36 heavy (non-hydrogen) atoms. The maximum Gasteiger partial charge on any atom is 0.340 e. The molecule has 0 atom stereocenters. The molecule has 0 bridgehead atoms. The molecule has 3 aromatic rings. The third-order valence-corrected chi connectivity index (χ3v) is 6.23. The van der Waals surface area contributed by atoms with Crippen molar-refractivity contribution in [2.45, 2.75) is 26.2 Å². The van der Waals surface area contributed by atoms with Crippen molar-refractivity contribution in [1.82, 2.24) is 15.3 Å². The SMILES string of the molecule is COC(=O)c1cc(-c2ccc(C(=O)NCCc3ccnc(Cl)c3)cn2)ccc1N(CC1CC1)C(C)=O. The standard InChI is InChI=1S/C27H27ClN4O4/c1-17(33)32(16-19-3-4-19)24-8-6-20(14-22(24)27(35)36-2)23-7-5-21(15-31-23)26(34)30-12-10-18-9-11-29-25(28)13-18/h5-9,11,13-15,19H,3-4,10,12,16H2,1-2H3,(H,30,34). The highest BCUT2D eigenvalue weighted by atomic mass is 35.5. The molecule has 0 spiro atoms. The molecular weight excluding hydrogens is 480 g/mol. The van der Waals surface area contributed by atoms with Crippen molar-refractivity contribution in [3.63, 3.8) is 0 Å². The van der Waals surface area contributed by atoms with E-state index in [0.29, 0.717) is 58.7 Å². The lowest BCUT2D eigenvalue weighted by Crippen LogP contribution is -2.32. The van der Waals surface area contributed by atoms with Crippen molar-refractivity contribution in [2.24, 2.45) is 5.92 Å². The fourth-order valence-corrected chi connectivity index (χ4v) is 4.08. The Labute approximate surface area is 214 Å². The summed E-state index contributed by atoms with van der Waals surface area (Å²) in [6.07, 6.45) is 5.91. The van der Waals surface area contributed by atoms with Crippen LogP contribution in [0, 0.1) is 5.92 Å². The Morgan fingerprint density at radius 1 is 1.11 bits per heavy atom. The van der Waals surface area contributed by atoms with Crippen LogP contribution in [-0.2, 0) is 16.0 Å². The second-order valence-electron chi connectivity index (χ2n) is 8.72. The molecule has 1 aliphatic rings. The molecule has 0 unspecified atom stereocenters. The van der Waals surface area contributed by atoms with Gasteiger partial charge in [-0.05, 0) is 67.1 Å². The predicted octanol–water partition coefficient (Wildman–Crippen LogP) is 4.32. The highest BCUT2D eigenvalue weighted by molar-refractivity contribution is 6.29. The van der Waals surface area contributed by atoms with E-state index in [2.05, 4.69) is 15.3 Å². The maximum absolute atomic E-state index is 12.6. The number of ether oxygens (including phenoxy) is 1. The molecule has 1 aliphatic carbocycles. The summed E-state index contributed by atoms with van der Waals surface area (Å²) in [5.74, 6) is -0.431. The first-order valence-electron chi connectivity index (χ1n) is 11.7. The Bertz CT molecular complexity index is 1280. The number of rotatable bonds is 9. The molecule has 186 valence electrons. The molecule has 2 heterocycles. The Balaban J connectivity index is 1.48. The maximum atomic E-state index is 12.6. The third-order valence-electron chi connectivity index (χ3n) is 6.02. The molecule has 2 amide bonds. The van der Waals surface area contributed by atoms with E-state index in [-0.39, 0.29) is 11.8 Å². The smallest absolute Gasteiger partial charge is 0.340 e. The number of carbonyl (C=O) groups is 3. The minimum absolute atomic E-state index is 0.125. The first kappa shape index (κ1) is 25.3. The fraction of sp³-hybridized carbons (Fsp3) is 0.296. The van der Waals surface area contributed by atoms with E-state index in [1.165, 1.54) is 20.2 Å². The Kier molecular flexibility index (Phi) is 7.95. The van der Waals surface area contributed by atoms with Crippen molar-refractivity contribution in [3.8, 4) is 11.3 Å². The van der Waals surface area contributed by atoms with Crippen molar-refractivity contribution in [2.75, 3.05) is 25.1 Å². The molecule has 9 heteroatoms. The first-order valence-corrected chi connectivity index (χ1v) is 12.1. The van der Waals surface area contributed by atoms with Crippen LogP contribution in [0.15, 0.2) is 54.9 Å². The topological polar surface area (TPSA) is 101 Å². The van der Waals surface area contributed by atoms with Gasteiger partial charge in [0.1, 0.15) is 5.15 Å². The summed E-state index contributed by atoms with van der Waals surface area (Å²) in [5, 5.41) is 3.28. The predicted molar refractivity (Wildman–Crippen MR) is 137 cm³/mol. The summed E-state index contributed by atoms with van der Waals surface area (Å²) < 4.78 is 4.98. The molecule has 0 radical (unpaired) electrons. The van der Waals surface area contributed by atoms with Gasteiger partial charge in [-0.1, -0.05) is 17.7 Å². The summed E-state index contributed by atoms with van der Waals surface area (Å²) in [6.45, 7) is 2.52. The third kappa shape index (κ3) is 6.26. The first-order chi connectivity index (χ1) is 17.4. The normalized spacial score (nSPS) is 12.6. The van der Waals surface area contributed by atoms with Crippen LogP contribution in [0.3, 0.4) is 0 Å². The summed E-state index contributed by atoms with van der Waals surface area (Å²) in [7, 11) is 1.31. The van der Waals surface area contributed by atoms with Gasteiger partial charge in [-0.25, -0.2) is 9.78 Å². The van der Waals surface area contributed by atoms with Gasteiger partial charge in [0.25, 0.3) is 5.91 Å². The molecular formula is C27H27ClN4O4. The Morgan fingerprint density at radius 3 is 2.56 bits per heavy atom. The van der Waals surface area contributed by atoms with Crippen LogP contribution in [0.5, 0.6) is 0 Å². The summed E-state index contributed by atoms with van der Waals surface area (Å²) in [4.78, 5) is 47.4. The van der Waals surface area contributed by atoms with Gasteiger partial charge in [0.2, 0.25) is 5.91 Å². The number of hydrogen-bond acceptors (Lipinski definition) is 6. The Morgan fingerprint density at radius 2 is 1.92 bits per heavy atom. The summed E-state index contributed by atoms with van der Waals surface area (Å²) in [6, 6.07) is 12.3. The lowest BCUT2D eigenvalue weighted by molar-refractivity contribution is -0.116. The Hall–Kier alpha value is -3.78. The van der Waals surface area contributed by atoms with Crippen molar-refractivity contribution in [3.05, 3.63) is 76.7 Å². The molecule has 0 saturated heterocycles. The minimum Gasteiger partial charge on any atom is -0.465 e. The van der Waals surface area contributed by atoms with E-state index in [1.807, 2.05) is 12.1 Å². The lowest BCUT2D eigenvalue weighted by atomic mass is 10.0. The number of halogens is 1. The molecule has 2 aromatic heterocycles. The van der Waals surface area contributed by atoms with Gasteiger partial charge in [0, 0.05) is 38.0 Å². The zero-order valence-electron chi connectivity index (χ0n) is 20.2. The van der Waals surface area contributed by atoms with E-state index < -0.39 is 5.97 Å². The molecule has 1 fully saturated rings. The van der Waals surface area contributed by atoms with Gasteiger partial charge in [0.05, 0.1) is 29.6 Å². The van der Waals surface area contributed by atoms with Crippen molar-refractivity contribution < 1.29 is 19.1 Å². The fourth-order valence-electron chi connectivity index (χ4n) is 3.88. The van der Waals surface area contributed by atoms with Crippen molar-refractivity contribution in [1.29, 1.82) is 0 Å². The van der Waals surface area contributed by atoms with Gasteiger partial charge in [-0.15, -0.1) is 0 Å². The number of nitrogens with one attached hydrogen (secondary N) is 1. The van der Waals surface area contributed by atoms with Crippen LogP contribution in [0.4, 0.5) is 5.69 Å². The summed E-state index contributed by atoms with van der Waals surface area (Å²) in [5.41, 5.74) is 3.49. The molecule has 1 N–H and O–H groups in total. The molecule has 0 aliphatic heterocycles. The quantitative estimate of drug-likeness (QED) is 0.342. The van der Waals surface area contributed by atoms with Crippen LogP contribution < -0.4 is 10.2 Å². The molecule has 1 aromatic carbocycles. The van der Waals surface area contributed by atoms with E-state index >= 15 is 0 Å². The van der Waals surface area contributed by atoms with Crippen molar-refractivity contribution >= 4 is 35.1 Å². The molecule has 4 rings (SSSR count). The van der Waals surface area contributed by atoms with Crippen LogP contribution in [-0.4, -0.2) is 48.0 Å². The number of amides is 2. The molecule has 8 nitrogen and oxygen atoms in total. The number of methoxy groups -OCH3 is 1. The largest absolute Gasteiger partial charge is 0.465 e. The van der Waals surface area contributed by atoms with Gasteiger partial charge < -0.3 is 15.0 Å². The summed E-state index contributed by atoms with van der Waals surface area (Å²) >= 11 is 5.89. The second kappa shape index (κ2) is 11.3. The minimum atomic E-state index is -0.527. The van der Waals surface area contributed by atoms with Gasteiger partial charge in [0.15, 0.2) is 0 Å². The number of benzene rings is 1. The second-order valence-corrected chi connectivity index (χ2v) is 9.11. The van der Waals surface area contributed by atoms with Gasteiger partial charge >= 0.3 is 5.97 Å². The van der Waals surface area contributed by atoms with Gasteiger partial charge in [-0.2, -0.15) is 0 Å². The average Bonchev–Trinajstić information content (AvgIpc) is 3.71. The number of carbonyl (C=O) groups excluding carboxylic acids is 3. The zero-order chi connectivity index (χ0) is 25.7. The number of pyridine rings is 2. The number of nitrogens with zero attached hydrogens (tertiary/aromatic N) is 3. The molecule has 1 saturated carbocycles. The van der Waals surface area contributed by atoms with E-state index in [4.69, 9.17) is 16.3 Å². The number of anilines is 1. The van der Waals surface area contributed by atoms with Crippen LogP contribution in [0.1, 0.15) is 46.0 Å². The monoisotopic (exact) mass is 506 g/mol. The van der Waals surface area contributed by atoms with Crippen LogP contribution in [0.25, 0.3) is 11.3 Å². The number of esters is 1. The van der Waals surface area contributed by atoms with E-state index in [1.54, 1.807) is 41.4 Å². The highest BCUT2D eigenvalue weighted by Gasteiger charge is 2.29. The highest BCUT2D eigenvalue weighted by Crippen LogP contribution is 2.34. The average molecular weight is 507 g/mol.